The summed E-state index contributed by atoms with van der Waals surface area (Å²) >= 11 is 1.54. The van der Waals surface area contributed by atoms with Crippen molar-refractivity contribution in [1.29, 1.82) is 0 Å². The summed E-state index contributed by atoms with van der Waals surface area (Å²) in [6, 6.07) is 19.6. The Hall–Kier alpha value is -3.84. The number of aryl methyl sites for hydroxylation is 1. The topological polar surface area (TPSA) is 72.7 Å². The molecule has 0 saturated heterocycles. The number of nitrogens with one attached hydrogen (secondary N) is 1. The van der Waals surface area contributed by atoms with E-state index in [0.717, 1.165) is 43.6 Å². The molecule has 0 bridgehead atoms. The fourth-order valence-electron chi connectivity index (χ4n) is 3.43. The van der Waals surface area contributed by atoms with Crippen LogP contribution < -0.4 is 5.32 Å². The van der Waals surface area contributed by atoms with Crippen molar-refractivity contribution >= 4 is 33.3 Å². The molecule has 1 amide bonds. The van der Waals surface area contributed by atoms with Gasteiger partial charge in [-0.25, -0.2) is 14.6 Å². The zero-order chi connectivity index (χ0) is 21.4. The van der Waals surface area contributed by atoms with Crippen LogP contribution in [0.5, 0.6) is 0 Å². The molecule has 2 aromatic carbocycles. The molecule has 0 atom stereocenters. The maximum absolute atomic E-state index is 13.0. The Morgan fingerprint density at radius 2 is 1.87 bits per heavy atom. The highest BCUT2D eigenvalue weighted by Gasteiger charge is 2.17. The molecule has 0 aliphatic carbocycles. The summed E-state index contributed by atoms with van der Waals surface area (Å²) in [7, 11) is 0. The van der Waals surface area contributed by atoms with Crippen LogP contribution in [0.1, 0.15) is 21.6 Å². The van der Waals surface area contributed by atoms with Gasteiger partial charge in [0.25, 0.3) is 5.91 Å². The molecule has 0 aliphatic heterocycles. The first-order valence-corrected chi connectivity index (χ1v) is 10.7. The van der Waals surface area contributed by atoms with Crippen LogP contribution in [-0.4, -0.2) is 25.7 Å². The molecule has 31 heavy (non-hydrogen) atoms. The third kappa shape index (κ3) is 3.60. The third-order valence-electron chi connectivity index (χ3n) is 5.15. The Balaban J connectivity index is 1.44. The number of aromatic nitrogens is 4. The SMILES string of the molecule is Cc1ccc(-c2nc3cccnc3s2)cc1NC(=O)c1cnn(-c2ccccc2)c1C. The number of thiazole rings is 1. The first-order chi connectivity index (χ1) is 15.1. The van der Waals surface area contributed by atoms with Crippen LogP contribution >= 0.6 is 11.3 Å². The highest BCUT2D eigenvalue weighted by molar-refractivity contribution is 7.21. The van der Waals surface area contributed by atoms with Gasteiger partial charge in [0.2, 0.25) is 0 Å². The molecule has 0 spiro atoms. The van der Waals surface area contributed by atoms with Gasteiger partial charge in [0.05, 0.1) is 23.1 Å². The summed E-state index contributed by atoms with van der Waals surface area (Å²) in [5.74, 6) is -0.189. The summed E-state index contributed by atoms with van der Waals surface area (Å²) in [4.78, 5) is 23.0. The van der Waals surface area contributed by atoms with Crippen molar-refractivity contribution in [2.45, 2.75) is 13.8 Å². The molecule has 0 aliphatic rings. The van der Waals surface area contributed by atoms with E-state index in [-0.39, 0.29) is 5.91 Å². The van der Waals surface area contributed by atoms with E-state index in [4.69, 9.17) is 0 Å². The summed E-state index contributed by atoms with van der Waals surface area (Å²) in [6.45, 7) is 3.87. The number of rotatable bonds is 4. The lowest BCUT2D eigenvalue weighted by atomic mass is 10.1. The molecule has 5 rings (SSSR count). The third-order valence-corrected chi connectivity index (χ3v) is 6.18. The van der Waals surface area contributed by atoms with Gasteiger partial charge in [-0.3, -0.25) is 4.79 Å². The molecule has 5 aromatic rings. The Labute approximate surface area is 183 Å². The zero-order valence-electron chi connectivity index (χ0n) is 17.0. The van der Waals surface area contributed by atoms with Gasteiger partial charge in [-0.2, -0.15) is 5.10 Å². The minimum absolute atomic E-state index is 0.189. The van der Waals surface area contributed by atoms with E-state index in [1.807, 2.05) is 74.5 Å². The van der Waals surface area contributed by atoms with Gasteiger partial charge >= 0.3 is 0 Å². The summed E-state index contributed by atoms with van der Waals surface area (Å²) in [5, 5.41) is 8.32. The van der Waals surface area contributed by atoms with Gasteiger partial charge in [0.1, 0.15) is 15.4 Å². The number of pyridine rings is 1. The van der Waals surface area contributed by atoms with Gasteiger partial charge in [-0.1, -0.05) is 41.7 Å². The van der Waals surface area contributed by atoms with Crippen molar-refractivity contribution in [3.8, 4) is 16.3 Å². The first-order valence-electron chi connectivity index (χ1n) is 9.84. The van der Waals surface area contributed by atoms with Crippen molar-refractivity contribution in [3.63, 3.8) is 0 Å². The van der Waals surface area contributed by atoms with Crippen LogP contribution in [0.4, 0.5) is 5.69 Å². The number of para-hydroxylation sites is 1. The highest BCUT2D eigenvalue weighted by atomic mass is 32.1. The number of hydrogen-bond acceptors (Lipinski definition) is 5. The first kappa shape index (κ1) is 19.1. The monoisotopic (exact) mass is 425 g/mol. The van der Waals surface area contributed by atoms with Crippen molar-refractivity contribution in [3.05, 3.63) is 89.9 Å². The summed E-state index contributed by atoms with van der Waals surface area (Å²) in [6.07, 6.45) is 3.37. The van der Waals surface area contributed by atoms with E-state index in [2.05, 4.69) is 20.4 Å². The molecular formula is C24H19N5OS. The van der Waals surface area contributed by atoms with E-state index in [1.165, 1.54) is 11.3 Å². The van der Waals surface area contributed by atoms with E-state index in [1.54, 1.807) is 17.1 Å². The predicted octanol–water partition coefficient (Wildman–Crippen LogP) is 5.41. The fraction of sp³-hybridized carbons (Fsp3) is 0.0833. The van der Waals surface area contributed by atoms with Gasteiger partial charge in [-0.05, 0) is 49.7 Å². The van der Waals surface area contributed by atoms with E-state index in [0.29, 0.717) is 5.56 Å². The fourth-order valence-corrected chi connectivity index (χ4v) is 4.34. The van der Waals surface area contributed by atoms with E-state index >= 15 is 0 Å². The molecular weight excluding hydrogens is 406 g/mol. The minimum Gasteiger partial charge on any atom is -0.322 e. The van der Waals surface area contributed by atoms with Crippen LogP contribution in [0.3, 0.4) is 0 Å². The van der Waals surface area contributed by atoms with Gasteiger partial charge in [0, 0.05) is 17.4 Å². The highest BCUT2D eigenvalue weighted by Crippen LogP contribution is 2.31. The maximum Gasteiger partial charge on any atom is 0.259 e. The van der Waals surface area contributed by atoms with Crippen molar-refractivity contribution in [1.82, 2.24) is 19.7 Å². The molecule has 3 heterocycles. The largest absolute Gasteiger partial charge is 0.322 e. The van der Waals surface area contributed by atoms with Gasteiger partial charge in [0.15, 0.2) is 0 Å². The maximum atomic E-state index is 13.0. The average Bonchev–Trinajstić information content (AvgIpc) is 3.39. The Morgan fingerprint density at radius 1 is 1.03 bits per heavy atom. The molecule has 7 heteroatoms. The van der Waals surface area contributed by atoms with Crippen LogP contribution in [0.15, 0.2) is 73.1 Å². The lowest BCUT2D eigenvalue weighted by Crippen LogP contribution is -2.14. The van der Waals surface area contributed by atoms with E-state index in [9.17, 15) is 4.79 Å². The normalized spacial score (nSPS) is 11.0. The van der Waals surface area contributed by atoms with Gasteiger partial charge < -0.3 is 5.32 Å². The van der Waals surface area contributed by atoms with Crippen LogP contribution in [0, 0.1) is 13.8 Å². The van der Waals surface area contributed by atoms with Crippen LogP contribution in [0.25, 0.3) is 26.6 Å². The molecule has 6 nitrogen and oxygen atoms in total. The van der Waals surface area contributed by atoms with Crippen molar-refractivity contribution in [2.75, 3.05) is 5.32 Å². The van der Waals surface area contributed by atoms with Crippen molar-refractivity contribution in [2.24, 2.45) is 0 Å². The number of carbonyl (C=O) groups is 1. The second-order valence-electron chi connectivity index (χ2n) is 7.22. The quantitative estimate of drug-likeness (QED) is 0.418. The number of carbonyl (C=O) groups excluding carboxylic acids is 1. The zero-order valence-corrected chi connectivity index (χ0v) is 17.9. The molecule has 0 radical (unpaired) electrons. The predicted molar refractivity (Wildman–Crippen MR) is 124 cm³/mol. The number of amides is 1. The molecule has 0 unspecified atom stereocenters. The van der Waals surface area contributed by atoms with Crippen LogP contribution in [0.2, 0.25) is 0 Å². The average molecular weight is 426 g/mol. The molecule has 3 aromatic heterocycles. The molecule has 0 fully saturated rings. The number of nitrogens with zero attached hydrogens (tertiary/aromatic N) is 4. The van der Waals surface area contributed by atoms with Crippen LogP contribution in [-0.2, 0) is 0 Å². The lowest BCUT2D eigenvalue weighted by molar-refractivity contribution is 0.102. The lowest BCUT2D eigenvalue weighted by Gasteiger charge is -2.10. The van der Waals surface area contributed by atoms with Gasteiger partial charge in [-0.15, -0.1) is 0 Å². The number of fused-ring (bicyclic) bond motifs is 1. The second kappa shape index (κ2) is 7.77. The molecule has 0 saturated carbocycles. The Bertz CT molecular complexity index is 1370. The summed E-state index contributed by atoms with van der Waals surface area (Å²) in [5.41, 5.74) is 5.79. The summed E-state index contributed by atoms with van der Waals surface area (Å²) < 4.78 is 1.77. The minimum atomic E-state index is -0.189. The van der Waals surface area contributed by atoms with E-state index < -0.39 is 0 Å². The molecule has 1 N–H and O–H groups in total. The number of benzene rings is 2. The number of anilines is 1. The standard InChI is InChI=1S/C24H19N5OS/c1-15-10-11-17(23-28-20-9-6-12-25-24(20)31-23)13-21(15)27-22(30)19-14-26-29(16(19)2)18-7-4-3-5-8-18/h3-14H,1-2H3,(H,27,30). The van der Waals surface area contributed by atoms with Crippen molar-refractivity contribution < 1.29 is 4.79 Å². The Kier molecular flexibility index (Phi) is 4.80. The molecule has 152 valence electrons. The smallest absolute Gasteiger partial charge is 0.259 e. The second-order valence-corrected chi connectivity index (χ2v) is 8.20. The number of hydrogen-bond donors (Lipinski definition) is 1. The Morgan fingerprint density at radius 3 is 2.68 bits per heavy atom.